The van der Waals surface area contributed by atoms with Crippen LogP contribution in [0.15, 0.2) is 58.7 Å². The van der Waals surface area contributed by atoms with Gasteiger partial charge in [0.25, 0.3) is 11.5 Å². The van der Waals surface area contributed by atoms with Gasteiger partial charge in [-0.1, -0.05) is 31.2 Å². The quantitative estimate of drug-likeness (QED) is 0.634. The van der Waals surface area contributed by atoms with E-state index in [2.05, 4.69) is 10.4 Å². The van der Waals surface area contributed by atoms with Gasteiger partial charge < -0.3 is 10.2 Å². The normalized spacial score (nSPS) is 13.9. The minimum absolute atomic E-state index is 0.0123. The number of thiophene rings is 1. The van der Waals surface area contributed by atoms with Gasteiger partial charge in [0.15, 0.2) is 0 Å². The standard InChI is InChI=1S/C22H22N4O3S/c1-2-16(13-26-21(28)10-9-18(24-26)19-8-5-11-30-19)23-20(27)14-25-12-15-6-3-4-7-17(15)22(25)29/h3-11,16H,2,12-14H2,1H3,(H,23,27)/t16-/m1/s1. The number of nitrogens with one attached hydrogen (secondary N) is 1. The monoisotopic (exact) mass is 422 g/mol. The first kappa shape index (κ1) is 20.0. The third kappa shape index (κ3) is 4.18. The van der Waals surface area contributed by atoms with Gasteiger partial charge >= 0.3 is 0 Å². The molecule has 0 aliphatic carbocycles. The van der Waals surface area contributed by atoms with Crippen molar-refractivity contribution in [3.63, 3.8) is 0 Å². The molecule has 1 aliphatic rings. The van der Waals surface area contributed by atoms with Gasteiger partial charge in [0.1, 0.15) is 12.2 Å². The molecule has 1 N–H and O–H groups in total. The van der Waals surface area contributed by atoms with Crippen LogP contribution in [0.5, 0.6) is 0 Å². The van der Waals surface area contributed by atoms with E-state index in [1.807, 2.05) is 42.6 Å². The lowest BCUT2D eigenvalue weighted by molar-refractivity contribution is -0.122. The number of rotatable bonds is 7. The van der Waals surface area contributed by atoms with E-state index in [9.17, 15) is 14.4 Å². The molecule has 2 aromatic heterocycles. The Morgan fingerprint density at radius 2 is 2.00 bits per heavy atom. The zero-order chi connectivity index (χ0) is 21.1. The molecule has 8 heteroatoms. The van der Waals surface area contributed by atoms with Crippen molar-refractivity contribution >= 4 is 23.2 Å². The van der Waals surface area contributed by atoms with Gasteiger partial charge in [0.05, 0.1) is 11.4 Å². The van der Waals surface area contributed by atoms with Crippen LogP contribution in [-0.2, 0) is 17.9 Å². The van der Waals surface area contributed by atoms with Crippen molar-refractivity contribution in [2.75, 3.05) is 6.54 Å². The van der Waals surface area contributed by atoms with Gasteiger partial charge in [-0.25, -0.2) is 4.68 Å². The largest absolute Gasteiger partial charge is 0.350 e. The molecule has 3 aromatic rings. The molecule has 30 heavy (non-hydrogen) atoms. The van der Waals surface area contributed by atoms with Crippen LogP contribution in [0.25, 0.3) is 10.6 Å². The van der Waals surface area contributed by atoms with Crippen LogP contribution in [-0.4, -0.2) is 39.1 Å². The summed E-state index contributed by atoms with van der Waals surface area (Å²) in [6.07, 6.45) is 0.636. The number of carbonyl (C=O) groups is 2. The minimum atomic E-state index is -0.263. The van der Waals surface area contributed by atoms with E-state index < -0.39 is 0 Å². The Morgan fingerprint density at radius 3 is 2.73 bits per heavy atom. The van der Waals surface area contributed by atoms with Crippen LogP contribution in [0.2, 0.25) is 0 Å². The molecule has 4 rings (SSSR count). The van der Waals surface area contributed by atoms with E-state index in [4.69, 9.17) is 0 Å². The van der Waals surface area contributed by atoms with E-state index in [1.165, 1.54) is 15.6 Å². The number of carbonyl (C=O) groups excluding carboxylic acids is 2. The number of fused-ring (bicyclic) bond motifs is 1. The van der Waals surface area contributed by atoms with E-state index >= 15 is 0 Å². The lowest BCUT2D eigenvalue weighted by Gasteiger charge is -2.20. The molecule has 1 aromatic carbocycles. The average Bonchev–Trinajstić information content (AvgIpc) is 3.38. The Hall–Kier alpha value is -3.26. The molecule has 0 unspecified atom stereocenters. The highest BCUT2D eigenvalue weighted by Crippen LogP contribution is 2.22. The molecule has 0 radical (unpaired) electrons. The highest BCUT2D eigenvalue weighted by atomic mass is 32.1. The number of hydrogen-bond acceptors (Lipinski definition) is 5. The van der Waals surface area contributed by atoms with Crippen molar-refractivity contribution in [3.05, 3.63) is 75.4 Å². The zero-order valence-electron chi connectivity index (χ0n) is 16.6. The van der Waals surface area contributed by atoms with Crippen LogP contribution < -0.4 is 10.9 Å². The Labute approximate surface area is 178 Å². The van der Waals surface area contributed by atoms with E-state index in [1.54, 1.807) is 23.5 Å². The summed E-state index contributed by atoms with van der Waals surface area (Å²) in [6.45, 7) is 2.63. The molecule has 0 saturated carbocycles. The molecule has 2 amide bonds. The smallest absolute Gasteiger partial charge is 0.266 e. The highest BCUT2D eigenvalue weighted by molar-refractivity contribution is 7.13. The predicted octanol–water partition coefficient (Wildman–Crippen LogP) is 2.52. The Bertz CT molecular complexity index is 1120. The summed E-state index contributed by atoms with van der Waals surface area (Å²) < 4.78 is 1.39. The fourth-order valence-electron chi connectivity index (χ4n) is 3.51. The number of hydrogen-bond donors (Lipinski definition) is 1. The van der Waals surface area contributed by atoms with Gasteiger partial charge in [0.2, 0.25) is 5.91 Å². The number of benzene rings is 1. The minimum Gasteiger partial charge on any atom is -0.350 e. The second-order valence-corrected chi connectivity index (χ2v) is 8.15. The third-order valence-corrected chi connectivity index (χ3v) is 6.01. The molecule has 0 spiro atoms. The fraction of sp³-hybridized carbons (Fsp3) is 0.273. The third-order valence-electron chi connectivity index (χ3n) is 5.12. The van der Waals surface area contributed by atoms with Crippen LogP contribution in [0, 0.1) is 0 Å². The SMILES string of the molecule is CC[C@H](Cn1nc(-c2cccs2)ccc1=O)NC(=O)CN1Cc2ccccc2C1=O. The van der Waals surface area contributed by atoms with Crippen LogP contribution >= 0.6 is 11.3 Å². The maximum absolute atomic E-state index is 12.6. The topological polar surface area (TPSA) is 84.3 Å². The van der Waals surface area contributed by atoms with Crippen molar-refractivity contribution in [3.8, 4) is 10.6 Å². The second-order valence-electron chi connectivity index (χ2n) is 7.21. The van der Waals surface area contributed by atoms with Gasteiger partial charge in [0, 0.05) is 24.2 Å². The summed E-state index contributed by atoms with van der Waals surface area (Å²) in [5.41, 5.74) is 2.10. The van der Waals surface area contributed by atoms with Crippen molar-refractivity contribution in [2.45, 2.75) is 32.5 Å². The van der Waals surface area contributed by atoms with E-state index in [0.29, 0.717) is 18.5 Å². The number of amides is 2. The van der Waals surface area contributed by atoms with Crippen molar-refractivity contribution < 1.29 is 9.59 Å². The Balaban J connectivity index is 1.41. The summed E-state index contributed by atoms with van der Waals surface area (Å²) in [7, 11) is 0. The lowest BCUT2D eigenvalue weighted by atomic mass is 10.1. The van der Waals surface area contributed by atoms with Crippen LogP contribution in [0.3, 0.4) is 0 Å². The maximum Gasteiger partial charge on any atom is 0.266 e. The van der Waals surface area contributed by atoms with Crippen LogP contribution in [0.1, 0.15) is 29.3 Å². The highest BCUT2D eigenvalue weighted by Gasteiger charge is 2.28. The average molecular weight is 423 g/mol. The molecular weight excluding hydrogens is 400 g/mol. The van der Waals surface area contributed by atoms with E-state index in [-0.39, 0.29) is 36.5 Å². The molecule has 0 saturated heterocycles. The molecule has 1 atom stereocenters. The summed E-state index contributed by atoms with van der Waals surface area (Å²) in [6, 6.07) is 14.2. The lowest BCUT2D eigenvalue weighted by Crippen LogP contribution is -2.45. The summed E-state index contributed by atoms with van der Waals surface area (Å²) >= 11 is 1.55. The van der Waals surface area contributed by atoms with Crippen molar-refractivity contribution in [1.82, 2.24) is 20.0 Å². The Morgan fingerprint density at radius 1 is 1.17 bits per heavy atom. The van der Waals surface area contributed by atoms with Gasteiger partial charge in [-0.15, -0.1) is 11.3 Å². The first-order valence-electron chi connectivity index (χ1n) is 9.83. The van der Waals surface area contributed by atoms with Gasteiger partial charge in [-0.3, -0.25) is 14.4 Å². The van der Waals surface area contributed by atoms with Crippen molar-refractivity contribution in [2.24, 2.45) is 0 Å². The van der Waals surface area contributed by atoms with E-state index in [0.717, 1.165) is 16.1 Å². The molecule has 7 nitrogen and oxygen atoms in total. The molecule has 0 bridgehead atoms. The summed E-state index contributed by atoms with van der Waals surface area (Å²) in [5, 5.41) is 9.35. The first-order valence-corrected chi connectivity index (χ1v) is 10.7. The summed E-state index contributed by atoms with van der Waals surface area (Å²) in [5.74, 6) is -0.374. The van der Waals surface area contributed by atoms with Gasteiger partial charge in [-0.05, 0) is 35.6 Å². The molecular formula is C22H22N4O3S. The van der Waals surface area contributed by atoms with Gasteiger partial charge in [-0.2, -0.15) is 5.10 Å². The number of aromatic nitrogens is 2. The predicted molar refractivity (Wildman–Crippen MR) is 115 cm³/mol. The summed E-state index contributed by atoms with van der Waals surface area (Å²) in [4.78, 5) is 39.8. The maximum atomic E-state index is 12.6. The number of nitrogens with zero attached hydrogens (tertiary/aromatic N) is 3. The molecule has 0 fully saturated rings. The second kappa shape index (κ2) is 8.62. The zero-order valence-corrected chi connectivity index (χ0v) is 17.4. The van der Waals surface area contributed by atoms with Crippen molar-refractivity contribution in [1.29, 1.82) is 0 Å². The molecule has 154 valence electrons. The molecule has 1 aliphatic heterocycles. The first-order chi connectivity index (χ1) is 14.5. The molecule has 3 heterocycles. The van der Waals surface area contributed by atoms with Crippen LogP contribution in [0.4, 0.5) is 0 Å². The Kier molecular flexibility index (Phi) is 5.76. The fourth-order valence-corrected chi connectivity index (χ4v) is 4.20.